The number of thiazole rings is 1. The molecule has 0 bridgehead atoms. The summed E-state index contributed by atoms with van der Waals surface area (Å²) < 4.78 is 7.18. The van der Waals surface area contributed by atoms with E-state index in [1.165, 1.54) is 24.2 Å². The zero-order valence-electron chi connectivity index (χ0n) is 10.4. The molecular weight excluding hydrogens is 248 g/mol. The van der Waals surface area contributed by atoms with Crippen molar-refractivity contribution in [3.05, 3.63) is 22.5 Å². The molecule has 5 heteroatoms. The number of esters is 1. The molecule has 0 aliphatic heterocycles. The van der Waals surface area contributed by atoms with Crippen molar-refractivity contribution in [3.8, 4) is 0 Å². The Bertz CT molecular complexity index is 585. The lowest BCUT2D eigenvalue weighted by Crippen LogP contribution is -2.11. The lowest BCUT2D eigenvalue weighted by atomic mass is 10.0. The number of carbonyl (C=O) groups is 1. The normalized spacial score (nSPS) is 14.7. The molecule has 18 heavy (non-hydrogen) atoms. The highest BCUT2D eigenvalue weighted by atomic mass is 32.1. The first-order chi connectivity index (χ1) is 8.79. The number of imidazole rings is 1. The van der Waals surface area contributed by atoms with Gasteiger partial charge in [-0.3, -0.25) is 9.20 Å². The Balaban J connectivity index is 1.97. The van der Waals surface area contributed by atoms with Crippen LogP contribution < -0.4 is 0 Å². The molecule has 0 N–H and O–H groups in total. The maximum atomic E-state index is 11.6. The maximum Gasteiger partial charge on any atom is 0.311 e. The fourth-order valence-corrected chi connectivity index (χ4v) is 3.47. The summed E-state index contributed by atoms with van der Waals surface area (Å²) in [6, 6.07) is 0. The molecule has 2 aromatic rings. The van der Waals surface area contributed by atoms with Crippen LogP contribution in [0.1, 0.15) is 36.8 Å². The number of fused-ring (bicyclic) bond motifs is 3. The lowest BCUT2D eigenvalue weighted by molar-refractivity contribution is -0.142. The summed E-state index contributed by atoms with van der Waals surface area (Å²) in [5.74, 6) is -0.157. The van der Waals surface area contributed by atoms with Gasteiger partial charge in [0.05, 0.1) is 18.7 Å². The van der Waals surface area contributed by atoms with Crippen molar-refractivity contribution in [1.29, 1.82) is 0 Å². The highest BCUT2D eigenvalue weighted by Gasteiger charge is 2.20. The highest BCUT2D eigenvalue weighted by Crippen LogP contribution is 2.27. The molecule has 0 spiro atoms. The summed E-state index contributed by atoms with van der Waals surface area (Å²) in [6.07, 6.45) is 4.93. The van der Waals surface area contributed by atoms with Gasteiger partial charge in [0, 0.05) is 16.8 Å². The molecule has 0 amide bonds. The minimum atomic E-state index is -0.157. The van der Waals surface area contributed by atoms with E-state index in [9.17, 15) is 4.79 Å². The van der Waals surface area contributed by atoms with Crippen LogP contribution in [0.15, 0.2) is 5.38 Å². The van der Waals surface area contributed by atoms with Crippen molar-refractivity contribution >= 4 is 22.3 Å². The van der Waals surface area contributed by atoms with Crippen LogP contribution in [-0.2, 0) is 28.8 Å². The van der Waals surface area contributed by atoms with Gasteiger partial charge in [-0.2, -0.15) is 0 Å². The zero-order chi connectivity index (χ0) is 12.5. The molecule has 96 valence electrons. The van der Waals surface area contributed by atoms with Gasteiger partial charge in [-0.25, -0.2) is 4.98 Å². The van der Waals surface area contributed by atoms with Gasteiger partial charge in [0.2, 0.25) is 0 Å². The topological polar surface area (TPSA) is 43.6 Å². The zero-order valence-corrected chi connectivity index (χ0v) is 11.3. The van der Waals surface area contributed by atoms with Crippen molar-refractivity contribution in [1.82, 2.24) is 9.38 Å². The quantitative estimate of drug-likeness (QED) is 0.799. The summed E-state index contributed by atoms with van der Waals surface area (Å²) in [6.45, 7) is 2.27. The third-order valence-corrected chi connectivity index (χ3v) is 4.20. The second kappa shape index (κ2) is 4.72. The first-order valence-corrected chi connectivity index (χ1v) is 7.29. The Labute approximate surface area is 110 Å². The van der Waals surface area contributed by atoms with Gasteiger partial charge in [0.15, 0.2) is 4.96 Å². The SMILES string of the molecule is CCOC(=O)Cc1csc2nc3c(n12)CCCC3. The summed E-state index contributed by atoms with van der Waals surface area (Å²) in [7, 11) is 0. The molecule has 4 nitrogen and oxygen atoms in total. The van der Waals surface area contributed by atoms with Gasteiger partial charge in [0.25, 0.3) is 0 Å². The molecule has 0 aromatic carbocycles. The molecule has 2 heterocycles. The molecule has 0 saturated carbocycles. The van der Waals surface area contributed by atoms with Crippen LogP contribution >= 0.6 is 11.3 Å². The van der Waals surface area contributed by atoms with Gasteiger partial charge in [-0.05, 0) is 32.6 Å². The average molecular weight is 264 g/mol. The van der Waals surface area contributed by atoms with Gasteiger partial charge in [0.1, 0.15) is 0 Å². The third-order valence-electron chi connectivity index (χ3n) is 3.32. The predicted octanol–water partition coefficient (Wildman–Crippen LogP) is 2.38. The maximum absolute atomic E-state index is 11.6. The average Bonchev–Trinajstić information content (AvgIpc) is 2.89. The van der Waals surface area contributed by atoms with Gasteiger partial charge in [-0.15, -0.1) is 11.3 Å². The van der Waals surface area contributed by atoms with E-state index in [-0.39, 0.29) is 5.97 Å². The molecule has 0 atom stereocenters. The van der Waals surface area contributed by atoms with E-state index in [4.69, 9.17) is 4.74 Å². The number of aryl methyl sites for hydroxylation is 2. The Morgan fingerprint density at radius 3 is 3.17 bits per heavy atom. The van der Waals surface area contributed by atoms with Crippen molar-refractivity contribution in [2.24, 2.45) is 0 Å². The molecule has 0 saturated heterocycles. The van der Waals surface area contributed by atoms with Crippen LogP contribution in [0.2, 0.25) is 0 Å². The Morgan fingerprint density at radius 1 is 1.50 bits per heavy atom. The Morgan fingerprint density at radius 2 is 2.33 bits per heavy atom. The molecule has 1 aliphatic rings. The monoisotopic (exact) mass is 264 g/mol. The van der Waals surface area contributed by atoms with Crippen LogP contribution in [0, 0.1) is 0 Å². The van der Waals surface area contributed by atoms with Crippen molar-refractivity contribution < 1.29 is 9.53 Å². The number of nitrogens with zero attached hydrogens (tertiary/aromatic N) is 2. The van der Waals surface area contributed by atoms with E-state index in [2.05, 4.69) is 9.38 Å². The standard InChI is InChI=1S/C13H16N2O2S/c1-2-17-12(16)7-9-8-18-13-14-10-5-3-4-6-11(10)15(9)13/h8H,2-7H2,1H3. The van der Waals surface area contributed by atoms with Gasteiger partial charge >= 0.3 is 5.97 Å². The second-order valence-corrected chi connectivity index (χ2v) is 5.38. The third kappa shape index (κ3) is 1.92. The second-order valence-electron chi connectivity index (χ2n) is 4.54. The van der Waals surface area contributed by atoms with Crippen LogP contribution in [0.4, 0.5) is 0 Å². The van der Waals surface area contributed by atoms with Crippen LogP contribution in [0.25, 0.3) is 4.96 Å². The molecule has 0 radical (unpaired) electrons. The van der Waals surface area contributed by atoms with Gasteiger partial charge in [-0.1, -0.05) is 0 Å². The number of hydrogen-bond acceptors (Lipinski definition) is 4. The van der Waals surface area contributed by atoms with Gasteiger partial charge < -0.3 is 4.74 Å². The van der Waals surface area contributed by atoms with E-state index in [1.54, 1.807) is 11.3 Å². The van der Waals surface area contributed by atoms with E-state index >= 15 is 0 Å². The number of hydrogen-bond donors (Lipinski definition) is 0. The summed E-state index contributed by atoms with van der Waals surface area (Å²) in [4.78, 5) is 17.3. The molecular formula is C13H16N2O2S. The first kappa shape index (κ1) is 11.7. The predicted molar refractivity (Wildman–Crippen MR) is 70.0 cm³/mol. The fourth-order valence-electron chi connectivity index (χ4n) is 2.54. The summed E-state index contributed by atoms with van der Waals surface area (Å²) in [5.41, 5.74) is 3.54. The largest absolute Gasteiger partial charge is 0.466 e. The van der Waals surface area contributed by atoms with Crippen LogP contribution in [0.3, 0.4) is 0 Å². The highest BCUT2D eigenvalue weighted by molar-refractivity contribution is 7.15. The summed E-state index contributed by atoms with van der Waals surface area (Å²) in [5, 5.41) is 2.02. The summed E-state index contributed by atoms with van der Waals surface area (Å²) >= 11 is 1.61. The number of ether oxygens (including phenoxy) is 1. The van der Waals surface area contributed by atoms with Crippen LogP contribution in [0.5, 0.6) is 0 Å². The molecule has 2 aromatic heterocycles. The Hall–Kier alpha value is -1.36. The Kier molecular flexibility index (Phi) is 3.07. The van der Waals surface area contributed by atoms with Crippen molar-refractivity contribution in [2.75, 3.05) is 6.61 Å². The molecule has 1 aliphatic carbocycles. The number of rotatable bonds is 3. The first-order valence-electron chi connectivity index (χ1n) is 6.41. The lowest BCUT2D eigenvalue weighted by Gasteiger charge is -2.11. The minimum Gasteiger partial charge on any atom is -0.466 e. The number of carbonyl (C=O) groups excluding carboxylic acids is 1. The van der Waals surface area contributed by atoms with E-state index in [0.29, 0.717) is 13.0 Å². The van der Waals surface area contributed by atoms with Crippen molar-refractivity contribution in [2.45, 2.75) is 39.0 Å². The minimum absolute atomic E-state index is 0.157. The fraction of sp³-hybridized carbons (Fsp3) is 0.538. The van der Waals surface area contributed by atoms with E-state index in [0.717, 1.165) is 23.5 Å². The van der Waals surface area contributed by atoms with Crippen LogP contribution in [-0.4, -0.2) is 22.0 Å². The molecule has 3 rings (SSSR count). The molecule has 0 fully saturated rings. The van der Waals surface area contributed by atoms with E-state index in [1.807, 2.05) is 12.3 Å². The number of aromatic nitrogens is 2. The molecule has 0 unspecified atom stereocenters. The van der Waals surface area contributed by atoms with Crippen molar-refractivity contribution in [3.63, 3.8) is 0 Å². The smallest absolute Gasteiger partial charge is 0.311 e. The van der Waals surface area contributed by atoms with E-state index < -0.39 is 0 Å².